The van der Waals surface area contributed by atoms with E-state index in [9.17, 15) is 0 Å². The highest BCUT2D eigenvalue weighted by molar-refractivity contribution is 9.10. The predicted molar refractivity (Wildman–Crippen MR) is 287 cm³/mol. The number of aryl methyl sites for hydroxylation is 3. The standard InChI is InChI=1S/2C16H12N2.C11H9N.C8H7N.C5H4BrN.C3H3Br/c1-17-14-7-5-13(6-8-14)12-16-10-9-15-4-2-3-11-18(15)16;1-17-15-11-9-14(10-12-15)6-2-3-7-16-8-4-5-13-18-16;1-3-4-5-10-6-8-11(12-2)9-7-10;1-7-3-5-8(9-2)6-4-7;6-5-3-1-2-4-7-5;1-2-3-4/h2-11H,12H2;4-5,8-13H,2,6H2;1,6-9H,4-5H2;3-6H,1H3;1-4H;1H,3H2. The van der Waals surface area contributed by atoms with Gasteiger partial charge in [-0.2, -0.15) is 0 Å². The fourth-order valence-corrected chi connectivity index (χ4v) is 5.88. The Morgan fingerprint density at radius 1 is 0.544 bits per heavy atom. The molecule has 7 nitrogen and oxygen atoms in total. The molecule has 0 N–H and O–H groups in total. The summed E-state index contributed by atoms with van der Waals surface area (Å²) in [4.78, 5) is 21.4. The Kier molecular flexibility index (Phi) is 26.2. The first-order chi connectivity index (χ1) is 33.2. The maximum Gasteiger partial charge on any atom is 0.187 e. The van der Waals surface area contributed by atoms with Gasteiger partial charge in [-0.05, 0) is 107 Å². The lowest BCUT2D eigenvalue weighted by molar-refractivity contribution is 1.03. The normalized spacial score (nSPS) is 8.96. The van der Waals surface area contributed by atoms with Crippen molar-refractivity contribution in [3.63, 3.8) is 0 Å². The minimum atomic E-state index is 0.660. The van der Waals surface area contributed by atoms with E-state index in [1.807, 2.05) is 153 Å². The predicted octanol–water partition coefficient (Wildman–Crippen LogP) is 15.9. The topological polar surface area (TPSA) is 47.6 Å². The molecule has 0 atom stereocenters. The van der Waals surface area contributed by atoms with Crippen LogP contribution in [-0.4, -0.2) is 19.7 Å². The Morgan fingerprint density at radius 3 is 1.47 bits per heavy atom. The van der Waals surface area contributed by atoms with Crippen LogP contribution in [0.2, 0.25) is 0 Å². The van der Waals surface area contributed by atoms with E-state index in [-0.39, 0.29) is 0 Å². The van der Waals surface area contributed by atoms with Crippen LogP contribution in [0.15, 0.2) is 187 Å². The molecule has 4 aromatic carbocycles. The van der Waals surface area contributed by atoms with Crippen molar-refractivity contribution >= 4 is 60.1 Å². The first-order valence-corrected chi connectivity index (χ1v) is 22.9. The van der Waals surface area contributed by atoms with Crippen molar-refractivity contribution in [1.82, 2.24) is 14.4 Å². The molecule has 0 bridgehead atoms. The molecule has 8 aromatic rings. The van der Waals surface area contributed by atoms with Crippen LogP contribution in [0.25, 0.3) is 24.9 Å². The molecule has 8 rings (SSSR count). The van der Waals surface area contributed by atoms with Crippen LogP contribution in [0.5, 0.6) is 0 Å². The van der Waals surface area contributed by atoms with E-state index in [0.29, 0.717) is 28.1 Å². The molecule has 4 aromatic heterocycles. The van der Waals surface area contributed by atoms with Crippen molar-refractivity contribution in [2.24, 2.45) is 0 Å². The summed E-state index contributed by atoms with van der Waals surface area (Å²) < 4.78 is 3.08. The third-order valence-electron chi connectivity index (χ3n) is 9.08. The number of pyridine rings is 3. The lowest BCUT2D eigenvalue weighted by Crippen LogP contribution is -1.93. The van der Waals surface area contributed by atoms with Gasteiger partial charge in [0, 0.05) is 49.1 Å². The number of alkyl halides is 1. The molecule has 0 aliphatic rings. The highest BCUT2D eigenvalue weighted by Crippen LogP contribution is 2.18. The Morgan fingerprint density at radius 2 is 1.03 bits per heavy atom. The van der Waals surface area contributed by atoms with Gasteiger partial charge in [-0.15, -0.1) is 18.8 Å². The molecule has 0 saturated carbocycles. The molecule has 332 valence electrons. The van der Waals surface area contributed by atoms with Gasteiger partial charge in [0.1, 0.15) is 10.3 Å². The summed E-state index contributed by atoms with van der Waals surface area (Å²) in [5, 5.41) is 0.660. The minimum Gasteiger partial charge on any atom is -0.321 e. The molecule has 9 heteroatoms. The monoisotopic (exact) mass is 1010 g/mol. The largest absolute Gasteiger partial charge is 0.321 e. The van der Waals surface area contributed by atoms with E-state index < -0.39 is 0 Å². The van der Waals surface area contributed by atoms with Crippen LogP contribution in [0.3, 0.4) is 0 Å². The lowest BCUT2D eigenvalue weighted by atomic mass is 10.1. The smallest absolute Gasteiger partial charge is 0.187 e. The van der Waals surface area contributed by atoms with Crippen molar-refractivity contribution in [2.45, 2.75) is 39.0 Å². The number of nitrogens with zero attached hydrogens (tertiary/aromatic N) is 7. The number of aromatic nitrogens is 3. The molecule has 0 aliphatic heterocycles. The molecule has 0 radical (unpaired) electrons. The highest BCUT2D eigenvalue weighted by atomic mass is 79.9. The summed E-state index contributed by atoms with van der Waals surface area (Å²) in [6.07, 6.45) is 19.7. The van der Waals surface area contributed by atoms with Gasteiger partial charge in [0.25, 0.3) is 0 Å². The second-order valence-corrected chi connectivity index (χ2v) is 15.4. The molecule has 68 heavy (non-hydrogen) atoms. The van der Waals surface area contributed by atoms with Gasteiger partial charge >= 0.3 is 0 Å². The van der Waals surface area contributed by atoms with E-state index >= 15 is 0 Å². The van der Waals surface area contributed by atoms with Crippen molar-refractivity contribution in [2.75, 3.05) is 5.33 Å². The van der Waals surface area contributed by atoms with Gasteiger partial charge in [0.2, 0.25) is 0 Å². The summed E-state index contributed by atoms with van der Waals surface area (Å²) in [6.45, 7) is 29.2. The second kappa shape index (κ2) is 33.1. The van der Waals surface area contributed by atoms with Crippen molar-refractivity contribution < 1.29 is 0 Å². The van der Waals surface area contributed by atoms with Crippen LogP contribution in [0.4, 0.5) is 22.7 Å². The van der Waals surface area contributed by atoms with Crippen LogP contribution in [-0.2, 0) is 19.3 Å². The van der Waals surface area contributed by atoms with Gasteiger partial charge in [-0.3, -0.25) is 0 Å². The molecule has 0 spiro atoms. The highest BCUT2D eigenvalue weighted by Gasteiger charge is 2.02. The average molecular weight is 1010 g/mol. The molecule has 4 heterocycles. The molecule has 0 fully saturated rings. The maximum absolute atomic E-state index is 6.94. The van der Waals surface area contributed by atoms with E-state index in [1.54, 1.807) is 12.4 Å². The number of rotatable bonds is 6. The quantitative estimate of drug-likeness (QED) is 0.0721. The Hall–Kier alpha value is -8.46. The van der Waals surface area contributed by atoms with E-state index in [2.05, 4.69) is 114 Å². The first kappa shape index (κ1) is 53.9. The fourth-order valence-electron chi connectivity index (χ4n) is 5.61. The molecule has 0 unspecified atom stereocenters. The second-order valence-electron chi connectivity index (χ2n) is 14.0. The lowest BCUT2D eigenvalue weighted by Gasteiger charge is -2.03. The van der Waals surface area contributed by atoms with Crippen molar-refractivity contribution in [1.29, 1.82) is 0 Å². The zero-order valence-corrected chi connectivity index (χ0v) is 40.8. The maximum atomic E-state index is 6.94. The molecular weight excluding hydrogens is 967 g/mol. The number of terminal acetylenes is 2. The van der Waals surface area contributed by atoms with Crippen LogP contribution >= 0.6 is 31.9 Å². The summed E-state index contributed by atoms with van der Waals surface area (Å²) >= 11 is 6.21. The van der Waals surface area contributed by atoms with Gasteiger partial charge in [-0.1, -0.05) is 149 Å². The average Bonchev–Trinajstić information content (AvgIpc) is 3.81. The van der Waals surface area contributed by atoms with Crippen LogP contribution < -0.4 is 0 Å². The molecule has 0 saturated heterocycles. The van der Waals surface area contributed by atoms with Gasteiger partial charge in [-0.25, -0.2) is 29.3 Å². The number of benzene rings is 4. The SMILES string of the molecule is Brc1ccccn1.C#CCBr.[C-]#[N+]c1ccc(C)cc1.[C-]#[N+]c1ccc(CCC#C)cc1.[C-]#[N+]c1ccc(CCC#Cc2ccccn2)cc1.[C-]#[N+]c1ccc(Cc2ccc3ccccn23)cc1. The van der Waals surface area contributed by atoms with E-state index in [4.69, 9.17) is 39.1 Å². The van der Waals surface area contributed by atoms with Gasteiger partial charge < -0.3 is 4.40 Å². The van der Waals surface area contributed by atoms with Crippen LogP contribution in [0, 0.1) is 69.7 Å². The minimum absolute atomic E-state index is 0.660. The first-order valence-electron chi connectivity index (χ1n) is 21.0. The van der Waals surface area contributed by atoms with E-state index in [1.165, 1.54) is 33.5 Å². The Labute approximate surface area is 419 Å². The Bertz CT molecular complexity index is 3020. The molecular formula is C59H47Br2N7. The van der Waals surface area contributed by atoms with Crippen molar-refractivity contribution in [3.05, 3.63) is 266 Å². The number of hydrogen-bond donors (Lipinski definition) is 0. The Balaban J connectivity index is 0.000000229. The molecule has 0 amide bonds. The number of hydrogen-bond acceptors (Lipinski definition) is 2. The summed E-state index contributed by atoms with van der Waals surface area (Å²) in [6, 6.07) is 52.4. The summed E-state index contributed by atoms with van der Waals surface area (Å²) in [5.41, 5.74) is 10.9. The van der Waals surface area contributed by atoms with Crippen molar-refractivity contribution in [3.8, 4) is 36.5 Å². The van der Waals surface area contributed by atoms with Gasteiger partial charge in [0.15, 0.2) is 22.7 Å². The third-order valence-corrected chi connectivity index (χ3v) is 9.87. The van der Waals surface area contributed by atoms with Gasteiger partial charge in [0.05, 0.1) is 31.6 Å². The zero-order chi connectivity index (χ0) is 49.0. The number of halogens is 2. The van der Waals surface area contributed by atoms with Crippen LogP contribution in [0.1, 0.15) is 46.5 Å². The summed E-state index contributed by atoms with van der Waals surface area (Å²) in [5.74, 6) is 11.1. The fraction of sp³-hybridized carbons (Fsp3) is 0.119. The third kappa shape index (κ3) is 22.0. The van der Waals surface area contributed by atoms with E-state index in [0.717, 1.165) is 42.4 Å². The summed E-state index contributed by atoms with van der Waals surface area (Å²) in [7, 11) is 0. The number of fused-ring (bicyclic) bond motifs is 1. The zero-order valence-electron chi connectivity index (χ0n) is 37.6. The molecule has 0 aliphatic carbocycles.